The van der Waals surface area contributed by atoms with Crippen molar-refractivity contribution in [2.24, 2.45) is 17.3 Å². The topological polar surface area (TPSA) is 73.1 Å². The molecule has 96 valence electrons. The summed E-state index contributed by atoms with van der Waals surface area (Å²) in [4.78, 5) is 10.9. The van der Waals surface area contributed by atoms with Gasteiger partial charge in [0, 0.05) is 12.0 Å². The van der Waals surface area contributed by atoms with Crippen molar-refractivity contribution < 1.29 is 9.90 Å². The Morgan fingerprint density at radius 3 is 2.24 bits per heavy atom. The fraction of sp³-hybridized carbons (Fsp3) is 0.846. The number of hydrogen-bond acceptors (Lipinski definition) is 2. The Morgan fingerprint density at radius 1 is 1.35 bits per heavy atom. The third-order valence-corrected chi connectivity index (χ3v) is 3.64. The Hall–Kier alpha value is -1.24. The van der Waals surface area contributed by atoms with Crippen LogP contribution in [0.4, 0.5) is 4.79 Å². The van der Waals surface area contributed by atoms with E-state index in [9.17, 15) is 4.79 Å². The van der Waals surface area contributed by atoms with Gasteiger partial charge in [-0.3, -0.25) is 0 Å². The van der Waals surface area contributed by atoms with Crippen LogP contribution in [0.1, 0.15) is 46.5 Å². The van der Waals surface area contributed by atoms with E-state index in [-0.39, 0.29) is 17.4 Å². The minimum atomic E-state index is -0.952. The van der Waals surface area contributed by atoms with E-state index < -0.39 is 6.09 Å². The highest BCUT2D eigenvalue weighted by atomic mass is 16.4. The van der Waals surface area contributed by atoms with Gasteiger partial charge in [-0.05, 0) is 37.0 Å². The van der Waals surface area contributed by atoms with Crippen molar-refractivity contribution in [3.05, 3.63) is 0 Å². The number of amides is 1. The molecule has 0 aromatic heterocycles. The minimum Gasteiger partial charge on any atom is -0.465 e. The molecular formula is C13H22N2O2. The summed E-state index contributed by atoms with van der Waals surface area (Å²) in [5, 5.41) is 20.4. The molecule has 0 saturated heterocycles. The average Bonchev–Trinajstić information content (AvgIpc) is 2.24. The first-order chi connectivity index (χ1) is 7.84. The average molecular weight is 238 g/mol. The smallest absolute Gasteiger partial charge is 0.404 e. The SMILES string of the molecule is CC(C)(C)C(NC(=O)O)C1CCC(C#N)CC1. The Kier molecular flexibility index (Phi) is 4.39. The molecule has 0 aliphatic heterocycles. The Labute approximate surface area is 103 Å². The summed E-state index contributed by atoms with van der Waals surface area (Å²) in [7, 11) is 0. The van der Waals surface area contributed by atoms with Crippen molar-refractivity contribution in [3.8, 4) is 6.07 Å². The third kappa shape index (κ3) is 3.92. The predicted molar refractivity (Wildman–Crippen MR) is 65.5 cm³/mol. The van der Waals surface area contributed by atoms with Crippen LogP contribution < -0.4 is 5.32 Å². The molecule has 1 aliphatic carbocycles. The molecule has 0 radical (unpaired) electrons. The molecule has 0 heterocycles. The molecule has 0 spiro atoms. The number of nitrogens with one attached hydrogen (secondary N) is 1. The maximum atomic E-state index is 10.9. The second kappa shape index (κ2) is 5.39. The Balaban J connectivity index is 2.66. The molecular weight excluding hydrogens is 216 g/mol. The van der Waals surface area contributed by atoms with Crippen LogP contribution in [0.15, 0.2) is 0 Å². The fourth-order valence-corrected chi connectivity index (χ4v) is 2.76. The maximum Gasteiger partial charge on any atom is 0.404 e. The second-order valence-corrected chi connectivity index (χ2v) is 6.03. The van der Waals surface area contributed by atoms with Crippen molar-refractivity contribution >= 4 is 6.09 Å². The van der Waals surface area contributed by atoms with E-state index in [1.54, 1.807) is 0 Å². The number of carboxylic acid groups (broad SMARTS) is 1. The highest BCUT2D eigenvalue weighted by Gasteiger charge is 2.35. The van der Waals surface area contributed by atoms with E-state index in [0.29, 0.717) is 5.92 Å². The van der Waals surface area contributed by atoms with Gasteiger partial charge in [-0.25, -0.2) is 4.79 Å². The van der Waals surface area contributed by atoms with Crippen LogP contribution in [0.3, 0.4) is 0 Å². The molecule has 1 unspecified atom stereocenters. The molecule has 0 aromatic rings. The molecule has 0 bridgehead atoms. The van der Waals surface area contributed by atoms with Crippen LogP contribution >= 0.6 is 0 Å². The molecule has 17 heavy (non-hydrogen) atoms. The number of nitriles is 1. The summed E-state index contributed by atoms with van der Waals surface area (Å²) >= 11 is 0. The molecule has 2 N–H and O–H groups in total. The summed E-state index contributed by atoms with van der Waals surface area (Å²) in [5.41, 5.74) is -0.0808. The zero-order chi connectivity index (χ0) is 13.1. The molecule has 1 aliphatic rings. The van der Waals surface area contributed by atoms with E-state index in [2.05, 4.69) is 32.2 Å². The van der Waals surface area contributed by atoms with Gasteiger partial charge in [0.1, 0.15) is 0 Å². The van der Waals surface area contributed by atoms with Crippen LogP contribution in [0.5, 0.6) is 0 Å². The lowest BCUT2D eigenvalue weighted by Gasteiger charge is -2.39. The van der Waals surface area contributed by atoms with Crippen molar-refractivity contribution in [3.63, 3.8) is 0 Å². The Morgan fingerprint density at radius 2 is 1.88 bits per heavy atom. The van der Waals surface area contributed by atoms with E-state index >= 15 is 0 Å². The fourth-order valence-electron chi connectivity index (χ4n) is 2.76. The van der Waals surface area contributed by atoms with Gasteiger partial charge < -0.3 is 10.4 Å². The number of carbonyl (C=O) groups is 1. The third-order valence-electron chi connectivity index (χ3n) is 3.64. The van der Waals surface area contributed by atoms with Crippen LogP contribution in [-0.4, -0.2) is 17.2 Å². The summed E-state index contributed by atoms with van der Waals surface area (Å²) in [6, 6.07) is 2.28. The monoisotopic (exact) mass is 238 g/mol. The van der Waals surface area contributed by atoms with Gasteiger partial charge in [-0.2, -0.15) is 5.26 Å². The predicted octanol–water partition coefficient (Wildman–Crippen LogP) is 3.00. The number of rotatable bonds is 2. The molecule has 0 aromatic carbocycles. The molecule has 4 heteroatoms. The van der Waals surface area contributed by atoms with Gasteiger partial charge >= 0.3 is 6.09 Å². The maximum absolute atomic E-state index is 10.9. The van der Waals surface area contributed by atoms with Gasteiger partial charge in [-0.1, -0.05) is 20.8 Å². The molecule has 1 atom stereocenters. The van der Waals surface area contributed by atoms with Crippen LogP contribution in [0, 0.1) is 28.6 Å². The lowest BCUT2D eigenvalue weighted by molar-refractivity contribution is 0.131. The summed E-state index contributed by atoms with van der Waals surface area (Å²) in [6.45, 7) is 6.18. The van der Waals surface area contributed by atoms with Gasteiger partial charge in [0.2, 0.25) is 0 Å². The molecule has 1 rings (SSSR count). The van der Waals surface area contributed by atoms with Crippen molar-refractivity contribution in [2.45, 2.75) is 52.5 Å². The number of hydrogen-bond donors (Lipinski definition) is 2. The highest BCUT2D eigenvalue weighted by molar-refractivity contribution is 5.65. The largest absolute Gasteiger partial charge is 0.465 e. The van der Waals surface area contributed by atoms with Gasteiger partial charge in [0.25, 0.3) is 0 Å². The van der Waals surface area contributed by atoms with Crippen LogP contribution in [0.25, 0.3) is 0 Å². The summed E-state index contributed by atoms with van der Waals surface area (Å²) in [5.74, 6) is 0.521. The van der Waals surface area contributed by atoms with Gasteiger partial charge in [0.05, 0.1) is 6.07 Å². The lowest BCUT2D eigenvalue weighted by Crippen LogP contribution is -2.49. The van der Waals surface area contributed by atoms with Gasteiger partial charge in [0.15, 0.2) is 0 Å². The highest BCUT2D eigenvalue weighted by Crippen LogP contribution is 2.36. The molecule has 1 saturated carbocycles. The second-order valence-electron chi connectivity index (χ2n) is 6.03. The first-order valence-corrected chi connectivity index (χ1v) is 6.23. The first-order valence-electron chi connectivity index (χ1n) is 6.23. The van der Waals surface area contributed by atoms with Gasteiger partial charge in [-0.15, -0.1) is 0 Å². The Bertz CT molecular complexity index is 306. The zero-order valence-corrected chi connectivity index (χ0v) is 10.9. The molecule has 1 amide bonds. The first kappa shape index (κ1) is 13.8. The van der Waals surface area contributed by atoms with Crippen molar-refractivity contribution in [2.75, 3.05) is 0 Å². The minimum absolute atomic E-state index is 0.0281. The van der Waals surface area contributed by atoms with Crippen LogP contribution in [-0.2, 0) is 0 Å². The standard InChI is InChI=1S/C13H22N2O2/c1-13(2,3)11(15-12(16)17)10-6-4-9(8-14)5-7-10/h9-11,15H,4-7H2,1-3H3,(H,16,17). The quantitative estimate of drug-likeness (QED) is 0.776. The van der Waals surface area contributed by atoms with E-state index in [1.165, 1.54) is 0 Å². The lowest BCUT2D eigenvalue weighted by atomic mass is 9.71. The van der Waals surface area contributed by atoms with E-state index in [1.807, 2.05) is 0 Å². The van der Waals surface area contributed by atoms with Crippen molar-refractivity contribution in [1.82, 2.24) is 5.32 Å². The van der Waals surface area contributed by atoms with Crippen molar-refractivity contribution in [1.29, 1.82) is 5.26 Å². The van der Waals surface area contributed by atoms with Crippen LogP contribution in [0.2, 0.25) is 0 Å². The summed E-state index contributed by atoms with van der Waals surface area (Å²) < 4.78 is 0. The number of nitrogens with zero attached hydrogens (tertiary/aromatic N) is 1. The summed E-state index contributed by atoms with van der Waals surface area (Å²) in [6.07, 6.45) is 2.73. The molecule has 4 nitrogen and oxygen atoms in total. The van der Waals surface area contributed by atoms with E-state index in [4.69, 9.17) is 10.4 Å². The normalized spacial score (nSPS) is 26.9. The van der Waals surface area contributed by atoms with E-state index in [0.717, 1.165) is 25.7 Å². The zero-order valence-electron chi connectivity index (χ0n) is 10.9. The molecule has 1 fully saturated rings.